The standard InChI is InChI=1S/C6H12O5S/c7-1-3-4(9)5(10)6(11,2-8)12-3/h3-5,7-11H,1-2H2/t3-,4-,5+,6-/m0/s1. The first-order valence-corrected chi connectivity index (χ1v) is 4.41. The van der Waals surface area contributed by atoms with Gasteiger partial charge in [0.1, 0.15) is 6.10 Å². The zero-order valence-corrected chi connectivity index (χ0v) is 7.11. The van der Waals surface area contributed by atoms with Gasteiger partial charge in [-0.15, -0.1) is 11.8 Å². The molecule has 0 unspecified atom stereocenters. The summed E-state index contributed by atoms with van der Waals surface area (Å²) < 4.78 is 0. The Morgan fingerprint density at radius 3 is 2.08 bits per heavy atom. The van der Waals surface area contributed by atoms with Crippen LogP contribution in [0.25, 0.3) is 0 Å². The molecule has 5 N–H and O–H groups in total. The molecule has 72 valence electrons. The zero-order chi connectivity index (χ0) is 9.35. The zero-order valence-electron chi connectivity index (χ0n) is 6.29. The van der Waals surface area contributed by atoms with E-state index in [-0.39, 0.29) is 6.61 Å². The van der Waals surface area contributed by atoms with Crippen LogP contribution in [0.4, 0.5) is 0 Å². The molecule has 1 aliphatic rings. The molecule has 0 aromatic heterocycles. The molecule has 0 saturated carbocycles. The van der Waals surface area contributed by atoms with Gasteiger partial charge in [-0.1, -0.05) is 0 Å². The van der Waals surface area contributed by atoms with Crippen molar-refractivity contribution in [3.05, 3.63) is 0 Å². The van der Waals surface area contributed by atoms with Crippen LogP contribution in [0.2, 0.25) is 0 Å². The van der Waals surface area contributed by atoms with Crippen molar-refractivity contribution in [2.75, 3.05) is 13.2 Å². The Morgan fingerprint density at radius 1 is 1.25 bits per heavy atom. The van der Waals surface area contributed by atoms with Gasteiger partial charge in [-0.3, -0.25) is 0 Å². The van der Waals surface area contributed by atoms with E-state index in [0.717, 1.165) is 11.8 Å². The van der Waals surface area contributed by atoms with E-state index in [1.807, 2.05) is 0 Å². The largest absolute Gasteiger partial charge is 0.395 e. The van der Waals surface area contributed by atoms with Gasteiger partial charge in [0.2, 0.25) is 0 Å². The summed E-state index contributed by atoms with van der Waals surface area (Å²) in [5.41, 5.74) is 0. The normalized spacial score (nSPS) is 48.2. The lowest BCUT2D eigenvalue weighted by Gasteiger charge is -2.22. The van der Waals surface area contributed by atoms with Crippen LogP contribution in [0.1, 0.15) is 0 Å². The summed E-state index contributed by atoms with van der Waals surface area (Å²) in [6.07, 6.45) is -2.61. The average molecular weight is 196 g/mol. The quantitative estimate of drug-likeness (QED) is 0.334. The Bertz CT molecular complexity index is 166. The lowest BCUT2D eigenvalue weighted by molar-refractivity contribution is -0.0832. The van der Waals surface area contributed by atoms with Crippen molar-refractivity contribution in [3.63, 3.8) is 0 Å². The molecule has 1 heterocycles. The summed E-state index contributed by atoms with van der Waals surface area (Å²) in [5, 5.41) is 44.6. The molecule has 6 heteroatoms. The van der Waals surface area contributed by atoms with E-state index in [0.29, 0.717) is 0 Å². The molecular formula is C6H12O5S. The molecule has 0 bridgehead atoms. The molecule has 0 aromatic carbocycles. The molecule has 0 amide bonds. The van der Waals surface area contributed by atoms with Crippen molar-refractivity contribution < 1.29 is 25.5 Å². The van der Waals surface area contributed by atoms with Gasteiger partial charge in [0, 0.05) is 0 Å². The van der Waals surface area contributed by atoms with Crippen LogP contribution in [0.5, 0.6) is 0 Å². The fourth-order valence-corrected chi connectivity index (χ4v) is 2.39. The number of aliphatic hydroxyl groups excluding tert-OH is 4. The summed E-state index contributed by atoms with van der Waals surface area (Å²) in [6, 6.07) is 0. The predicted molar refractivity (Wildman–Crippen MR) is 42.5 cm³/mol. The van der Waals surface area contributed by atoms with Gasteiger partial charge in [0.15, 0.2) is 4.93 Å². The van der Waals surface area contributed by atoms with Crippen LogP contribution < -0.4 is 0 Å². The van der Waals surface area contributed by atoms with Gasteiger partial charge in [-0.2, -0.15) is 0 Å². The third-order valence-electron chi connectivity index (χ3n) is 1.93. The maximum absolute atomic E-state index is 9.43. The molecule has 0 spiro atoms. The van der Waals surface area contributed by atoms with Gasteiger partial charge >= 0.3 is 0 Å². The van der Waals surface area contributed by atoms with Crippen molar-refractivity contribution >= 4 is 11.8 Å². The molecule has 12 heavy (non-hydrogen) atoms. The summed E-state index contributed by atoms with van der Waals surface area (Å²) in [4.78, 5) is -1.74. The average Bonchev–Trinajstić information content (AvgIpc) is 2.31. The van der Waals surface area contributed by atoms with E-state index in [9.17, 15) is 15.3 Å². The lowest BCUT2D eigenvalue weighted by atomic mass is 10.1. The molecular weight excluding hydrogens is 184 g/mol. The second kappa shape index (κ2) is 3.49. The topological polar surface area (TPSA) is 101 Å². The first-order chi connectivity index (χ1) is 5.55. The molecule has 0 radical (unpaired) electrons. The highest BCUT2D eigenvalue weighted by Crippen LogP contribution is 2.41. The fraction of sp³-hybridized carbons (Fsp3) is 1.00. The minimum Gasteiger partial charge on any atom is -0.395 e. The Balaban J connectivity index is 2.72. The SMILES string of the molecule is OC[C@@H]1S[C@@](O)(CO)[C@H](O)[C@H]1O. The number of hydrogen-bond acceptors (Lipinski definition) is 6. The van der Waals surface area contributed by atoms with E-state index in [1.165, 1.54) is 0 Å². The molecule has 5 nitrogen and oxygen atoms in total. The van der Waals surface area contributed by atoms with Crippen LogP contribution in [-0.2, 0) is 0 Å². The molecule has 1 rings (SSSR count). The maximum Gasteiger partial charge on any atom is 0.162 e. The minimum absolute atomic E-state index is 0.342. The van der Waals surface area contributed by atoms with E-state index in [2.05, 4.69) is 0 Å². The van der Waals surface area contributed by atoms with Crippen LogP contribution >= 0.6 is 11.8 Å². The van der Waals surface area contributed by atoms with Crippen molar-refractivity contribution in [2.24, 2.45) is 0 Å². The summed E-state index contributed by atoms with van der Waals surface area (Å²) in [7, 11) is 0. The Morgan fingerprint density at radius 2 is 1.83 bits per heavy atom. The molecule has 4 atom stereocenters. The summed E-state index contributed by atoms with van der Waals surface area (Å²) in [5.74, 6) is 0. The maximum atomic E-state index is 9.43. The minimum atomic E-state index is -1.74. The highest BCUT2D eigenvalue weighted by atomic mass is 32.2. The van der Waals surface area contributed by atoms with Crippen LogP contribution in [0, 0.1) is 0 Å². The summed E-state index contributed by atoms with van der Waals surface area (Å²) in [6.45, 7) is -0.988. The first-order valence-electron chi connectivity index (χ1n) is 3.53. The van der Waals surface area contributed by atoms with Gasteiger partial charge in [-0.25, -0.2) is 0 Å². The molecule has 0 aliphatic carbocycles. The smallest absolute Gasteiger partial charge is 0.162 e. The first kappa shape index (κ1) is 10.2. The van der Waals surface area contributed by atoms with Crippen molar-refractivity contribution in [3.8, 4) is 0 Å². The van der Waals surface area contributed by atoms with Crippen LogP contribution in [0.3, 0.4) is 0 Å². The predicted octanol–water partition coefficient (Wildman–Crippen LogP) is -2.50. The van der Waals surface area contributed by atoms with E-state index in [1.54, 1.807) is 0 Å². The highest BCUT2D eigenvalue weighted by Gasteiger charge is 2.52. The second-order valence-corrected chi connectivity index (χ2v) is 4.33. The Hall–Kier alpha value is 0.150. The van der Waals surface area contributed by atoms with Gasteiger partial charge in [0.25, 0.3) is 0 Å². The monoisotopic (exact) mass is 196 g/mol. The number of aliphatic hydroxyl groups is 5. The molecule has 0 aromatic rings. The lowest BCUT2D eigenvalue weighted by Crippen LogP contribution is -2.44. The van der Waals surface area contributed by atoms with Gasteiger partial charge < -0.3 is 25.5 Å². The summed E-state index contributed by atoms with van der Waals surface area (Å²) >= 11 is 0.785. The van der Waals surface area contributed by atoms with Crippen LogP contribution in [0.15, 0.2) is 0 Å². The second-order valence-electron chi connectivity index (χ2n) is 2.78. The van der Waals surface area contributed by atoms with Crippen LogP contribution in [-0.4, -0.2) is 61.1 Å². The third kappa shape index (κ3) is 1.46. The van der Waals surface area contributed by atoms with E-state index >= 15 is 0 Å². The van der Waals surface area contributed by atoms with Crippen molar-refractivity contribution in [1.29, 1.82) is 0 Å². The third-order valence-corrected chi connectivity index (χ3v) is 3.44. The van der Waals surface area contributed by atoms with E-state index in [4.69, 9.17) is 10.2 Å². The number of rotatable bonds is 2. The van der Waals surface area contributed by atoms with E-state index < -0.39 is 29.0 Å². The number of hydrogen-bond donors (Lipinski definition) is 5. The molecule has 1 aliphatic heterocycles. The fourth-order valence-electron chi connectivity index (χ4n) is 1.15. The Kier molecular flexibility index (Phi) is 2.97. The highest BCUT2D eigenvalue weighted by molar-refractivity contribution is 8.01. The van der Waals surface area contributed by atoms with Gasteiger partial charge in [0.05, 0.1) is 24.6 Å². The van der Waals surface area contributed by atoms with Gasteiger partial charge in [-0.05, 0) is 0 Å². The molecule has 1 saturated heterocycles. The van der Waals surface area contributed by atoms with Crippen molar-refractivity contribution in [2.45, 2.75) is 22.4 Å². The number of thioether (sulfide) groups is 1. The molecule has 1 fully saturated rings. The van der Waals surface area contributed by atoms with Crippen molar-refractivity contribution in [1.82, 2.24) is 0 Å². The Labute approximate surface area is 73.7 Å².